The molecule has 31 heavy (non-hydrogen) atoms. The number of para-hydroxylation sites is 1. The minimum atomic E-state index is -3.85. The van der Waals surface area contributed by atoms with Crippen LogP contribution in [0.2, 0.25) is 0 Å². The van der Waals surface area contributed by atoms with Crippen LogP contribution < -0.4 is 4.72 Å². The fourth-order valence-electron chi connectivity index (χ4n) is 4.06. The summed E-state index contributed by atoms with van der Waals surface area (Å²) in [6.07, 6.45) is 8.05. The number of nitrogens with one attached hydrogen (secondary N) is 1. The smallest absolute Gasteiger partial charge is 0.265 e. The Morgan fingerprint density at radius 3 is 2.84 bits per heavy atom. The van der Waals surface area contributed by atoms with Gasteiger partial charge in [0.15, 0.2) is 5.82 Å². The van der Waals surface area contributed by atoms with E-state index in [-0.39, 0.29) is 11.5 Å². The topological polar surface area (TPSA) is 115 Å². The van der Waals surface area contributed by atoms with Gasteiger partial charge >= 0.3 is 0 Å². The lowest BCUT2D eigenvalue weighted by atomic mass is 9.72. The molecular formula is C21H22N6O3S. The van der Waals surface area contributed by atoms with Crippen LogP contribution in [0.4, 0.5) is 5.69 Å². The number of benzene rings is 1. The van der Waals surface area contributed by atoms with E-state index in [9.17, 15) is 13.5 Å². The third-order valence-electron chi connectivity index (χ3n) is 5.84. The average Bonchev–Trinajstić information content (AvgIpc) is 3.36. The second-order valence-electron chi connectivity index (χ2n) is 7.90. The first-order valence-electron chi connectivity index (χ1n) is 10.00. The maximum atomic E-state index is 13.0. The molecule has 0 atom stereocenters. The van der Waals surface area contributed by atoms with Crippen molar-refractivity contribution < 1.29 is 13.5 Å². The molecule has 1 aliphatic carbocycles. The molecule has 1 aromatic carbocycles. The molecule has 3 heterocycles. The van der Waals surface area contributed by atoms with Gasteiger partial charge in [0.2, 0.25) is 0 Å². The van der Waals surface area contributed by atoms with Crippen LogP contribution in [0.25, 0.3) is 16.7 Å². The number of aliphatic hydroxyl groups excluding tert-OH is 1. The predicted molar refractivity (Wildman–Crippen MR) is 115 cm³/mol. The van der Waals surface area contributed by atoms with Gasteiger partial charge in [-0.15, -0.1) is 0 Å². The van der Waals surface area contributed by atoms with E-state index >= 15 is 0 Å². The summed E-state index contributed by atoms with van der Waals surface area (Å²) in [5, 5.41) is 18.5. The van der Waals surface area contributed by atoms with Gasteiger partial charge in [-0.2, -0.15) is 10.2 Å². The van der Waals surface area contributed by atoms with Crippen LogP contribution in [0.5, 0.6) is 0 Å². The second-order valence-corrected chi connectivity index (χ2v) is 9.58. The number of rotatable bonds is 6. The first-order valence-corrected chi connectivity index (χ1v) is 11.5. The maximum Gasteiger partial charge on any atom is 0.265 e. The van der Waals surface area contributed by atoms with E-state index in [0.29, 0.717) is 28.9 Å². The summed E-state index contributed by atoms with van der Waals surface area (Å²) in [4.78, 5) is 4.38. The summed E-state index contributed by atoms with van der Waals surface area (Å²) in [7, 11) is -2.08. The Labute approximate surface area is 179 Å². The van der Waals surface area contributed by atoms with Crippen LogP contribution in [-0.2, 0) is 17.1 Å². The van der Waals surface area contributed by atoms with Crippen molar-refractivity contribution in [3.8, 4) is 5.82 Å². The predicted octanol–water partition coefficient (Wildman–Crippen LogP) is 2.44. The SMILES string of the molecule is Cn1ncc2cccc(NS(=O)(=O)c3cnn(-c4cc(C5CC(CO)C5)ccn4)c3)c21. The van der Waals surface area contributed by atoms with Crippen molar-refractivity contribution in [2.45, 2.75) is 23.7 Å². The van der Waals surface area contributed by atoms with Crippen LogP contribution in [-0.4, -0.2) is 44.7 Å². The summed E-state index contributed by atoms with van der Waals surface area (Å²) < 4.78 is 31.7. The van der Waals surface area contributed by atoms with Crippen molar-refractivity contribution in [2.24, 2.45) is 13.0 Å². The Hall–Kier alpha value is -3.24. The van der Waals surface area contributed by atoms with Gasteiger partial charge in [-0.1, -0.05) is 12.1 Å². The van der Waals surface area contributed by atoms with E-state index in [1.807, 2.05) is 18.2 Å². The van der Waals surface area contributed by atoms with Gasteiger partial charge in [-0.05, 0) is 48.4 Å². The summed E-state index contributed by atoms with van der Waals surface area (Å²) in [5.74, 6) is 1.30. The second kappa shape index (κ2) is 7.47. The number of nitrogens with zero attached hydrogens (tertiary/aromatic N) is 5. The Morgan fingerprint density at radius 2 is 2.03 bits per heavy atom. The highest BCUT2D eigenvalue weighted by Gasteiger charge is 2.30. The van der Waals surface area contributed by atoms with Gasteiger partial charge in [-0.25, -0.2) is 18.1 Å². The minimum Gasteiger partial charge on any atom is -0.396 e. The maximum absolute atomic E-state index is 13.0. The van der Waals surface area contributed by atoms with Crippen LogP contribution >= 0.6 is 0 Å². The molecule has 0 saturated heterocycles. The zero-order chi connectivity index (χ0) is 21.6. The Morgan fingerprint density at radius 1 is 1.19 bits per heavy atom. The van der Waals surface area contributed by atoms with Gasteiger partial charge in [0.1, 0.15) is 4.90 Å². The highest BCUT2D eigenvalue weighted by molar-refractivity contribution is 7.92. The molecule has 0 bridgehead atoms. The van der Waals surface area contributed by atoms with Gasteiger partial charge in [0.25, 0.3) is 10.0 Å². The number of fused-ring (bicyclic) bond motifs is 1. The monoisotopic (exact) mass is 438 g/mol. The lowest BCUT2D eigenvalue weighted by molar-refractivity contribution is 0.142. The molecule has 160 valence electrons. The number of hydrogen-bond acceptors (Lipinski definition) is 6. The minimum absolute atomic E-state index is 0.0443. The average molecular weight is 439 g/mol. The molecule has 1 aliphatic rings. The fraction of sp³-hybridized carbons (Fsp3) is 0.286. The van der Waals surface area contributed by atoms with Gasteiger partial charge in [0, 0.05) is 25.2 Å². The molecule has 0 amide bonds. The lowest BCUT2D eigenvalue weighted by Crippen LogP contribution is -2.24. The molecule has 0 radical (unpaired) electrons. The van der Waals surface area contributed by atoms with Crippen molar-refractivity contribution in [2.75, 3.05) is 11.3 Å². The van der Waals surface area contributed by atoms with Gasteiger partial charge in [0.05, 0.1) is 29.8 Å². The van der Waals surface area contributed by atoms with E-state index in [0.717, 1.165) is 23.8 Å². The summed E-state index contributed by atoms with van der Waals surface area (Å²) in [5.41, 5.74) is 2.28. The van der Waals surface area contributed by atoms with Crippen LogP contribution in [0, 0.1) is 5.92 Å². The van der Waals surface area contributed by atoms with E-state index in [2.05, 4.69) is 19.9 Å². The molecule has 0 spiro atoms. The summed E-state index contributed by atoms with van der Waals surface area (Å²) >= 11 is 0. The molecule has 10 heteroatoms. The molecule has 5 rings (SSSR count). The molecule has 2 N–H and O–H groups in total. The molecule has 1 fully saturated rings. The van der Waals surface area contributed by atoms with E-state index in [4.69, 9.17) is 0 Å². The first-order chi connectivity index (χ1) is 14.9. The zero-order valence-electron chi connectivity index (χ0n) is 16.9. The highest BCUT2D eigenvalue weighted by Crippen LogP contribution is 2.41. The molecule has 4 aromatic rings. The quantitative estimate of drug-likeness (QED) is 0.478. The fourth-order valence-corrected chi connectivity index (χ4v) is 5.06. The highest BCUT2D eigenvalue weighted by atomic mass is 32.2. The standard InChI is InChI=1S/C21H22N6O3S/c1-26-21-16(10-23-26)3-2-4-19(21)25-31(29,30)18-11-24-27(12-18)20-9-15(5-6-22-20)17-7-14(8-17)13-28/h2-6,9-12,14,17,25,28H,7-8,13H2,1H3. The molecule has 0 unspecified atom stereocenters. The van der Waals surface area contributed by atoms with Crippen molar-refractivity contribution in [3.05, 3.63) is 60.7 Å². The first kappa shape index (κ1) is 19.7. The normalized spacial score (nSPS) is 18.8. The third-order valence-corrected chi connectivity index (χ3v) is 7.16. The molecule has 0 aliphatic heterocycles. The number of aromatic nitrogens is 5. The number of aryl methyl sites for hydroxylation is 1. The number of sulfonamides is 1. The molecule has 3 aromatic heterocycles. The van der Waals surface area contributed by atoms with Crippen molar-refractivity contribution in [1.82, 2.24) is 24.5 Å². The molecule has 9 nitrogen and oxygen atoms in total. The van der Waals surface area contributed by atoms with E-state index in [1.54, 1.807) is 36.3 Å². The summed E-state index contributed by atoms with van der Waals surface area (Å²) in [6, 6.07) is 9.24. The largest absolute Gasteiger partial charge is 0.396 e. The number of hydrogen-bond donors (Lipinski definition) is 2. The van der Waals surface area contributed by atoms with Gasteiger partial charge < -0.3 is 5.11 Å². The Kier molecular flexibility index (Phi) is 4.75. The van der Waals surface area contributed by atoms with Crippen LogP contribution in [0.1, 0.15) is 24.3 Å². The van der Waals surface area contributed by atoms with Crippen LogP contribution in [0.3, 0.4) is 0 Å². The number of pyridine rings is 1. The van der Waals surface area contributed by atoms with E-state index in [1.165, 1.54) is 17.1 Å². The zero-order valence-corrected chi connectivity index (χ0v) is 17.7. The number of aliphatic hydroxyl groups is 1. The van der Waals surface area contributed by atoms with Crippen LogP contribution in [0.15, 0.2) is 60.0 Å². The number of anilines is 1. The summed E-state index contributed by atoms with van der Waals surface area (Å²) in [6.45, 7) is 0.217. The van der Waals surface area contributed by atoms with Gasteiger partial charge in [-0.3, -0.25) is 9.40 Å². The van der Waals surface area contributed by atoms with Crippen molar-refractivity contribution >= 4 is 26.6 Å². The Bertz CT molecular complexity index is 1350. The molecular weight excluding hydrogens is 416 g/mol. The Balaban J connectivity index is 1.41. The molecule has 1 saturated carbocycles. The third kappa shape index (κ3) is 3.57. The van der Waals surface area contributed by atoms with Crippen molar-refractivity contribution in [3.63, 3.8) is 0 Å². The van der Waals surface area contributed by atoms with Crippen molar-refractivity contribution in [1.29, 1.82) is 0 Å². The lowest BCUT2D eigenvalue weighted by Gasteiger charge is -2.34. The van der Waals surface area contributed by atoms with E-state index < -0.39 is 10.0 Å².